The van der Waals surface area contributed by atoms with Gasteiger partial charge in [-0.15, -0.1) is 0 Å². The van der Waals surface area contributed by atoms with E-state index >= 15 is 0 Å². The van der Waals surface area contributed by atoms with Crippen molar-refractivity contribution in [3.63, 3.8) is 0 Å². The quantitative estimate of drug-likeness (QED) is 0.328. The Hall–Kier alpha value is -3.20. The van der Waals surface area contributed by atoms with Crippen LogP contribution in [0, 0.1) is 0 Å². The van der Waals surface area contributed by atoms with Gasteiger partial charge >= 0.3 is 0 Å². The average Bonchev–Trinajstić information content (AvgIpc) is 2.92. The second-order valence-electron chi connectivity index (χ2n) is 6.12. The lowest BCUT2D eigenvalue weighted by molar-refractivity contribution is 0.112. The fraction of sp³-hybridized carbons (Fsp3) is 0.0476. The molecule has 0 fully saturated rings. The van der Waals surface area contributed by atoms with Crippen molar-refractivity contribution in [1.82, 2.24) is 9.55 Å². The van der Waals surface area contributed by atoms with Gasteiger partial charge in [0.2, 0.25) is 0 Å². The number of hydrogen-bond donors (Lipinski definition) is 0. The Morgan fingerprint density at radius 3 is 2.54 bits per heavy atom. The summed E-state index contributed by atoms with van der Waals surface area (Å²) in [5.41, 5.74) is 3.75. The molecule has 3 nitrogen and oxygen atoms in total. The van der Waals surface area contributed by atoms with Gasteiger partial charge in [-0.25, -0.2) is 0 Å². The monoisotopic (exact) mass is 310 g/mol. The Morgan fingerprint density at radius 1 is 0.958 bits per heavy atom. The Kier molecular flexibility index (Phi) is 2.57. The Labute approximate surface area is 138 Å². The fourth-order valence-corrected chi connectivity index (χ4v) is 3.85. The lowest BCUT2D eigenvalue weighted by Crippen LogP contribution is -1.95. The summed E-state index contributed by atoms with van der Waals surface area (Å²) in [6.07, 6.45) is 2.85. The van der Waals surface area contributed by atoms with Crippen LogP contribution in [0.1, 0.15) is 10.4 Å². The maximum Gasteiger partial charge on any atom is 0.152 e. The summed E-state index contributed by atoms with van der Waals surface area (Å²) in [6, 6.07) is 18.4. The first kappa shape index (κ1) is 13.3. The first-order chi connectivity index (χ1) is 11.8. The van der Waals surface area contributed by atoms with Crippen LogP contribution < -0.4 is 0 Å². The van der Waals surface area contributed by atoms with E-state index in [0.29, 0.717) is 0 Å². The van der Waals surface area contributed by atoms with Gasteiger partial charge in [-0.05, 0) is 18.2 Å². The molecule has 0 atom stereocenters. The first-order valence-corrected chi connectivity index (χ1v) is 7.92. The minimum atomic E-state index is 0.736. The molecule has 24 heavy (non-hydrogen) atoms. The number of carbonyl (C=O) groups is 1. The highest BCUT2D eigenvalue weighted by molar-refractivity contribution is 6.24. The number of fused-ring (bicyclic) bond motifs is 6. The number of aldehydes is 1. The van der Waals surface area contributed by atoms with Crippen molar-refractivity contribution >= 4 is 49.8 Å². The van der Waals surface area contributed by atoms with Crippen LogP contribution in [0.5, 0.6) is 0 Å². The minimum Gasteiger partial charge on any atom is -0.343 e. The smallest absolute Gasteiger partial charge is 0.152 e. The Bertz CT molecular complexity index is 1280. The lowest BCUT2D eigenvalue weighted by atomic mass is 9.98. The zero-order valence-corrected chi connectivity index (χ0v) is 13.2. The number of nitrogens with zero attached hydrogens (tertiary/aromatic N) is 2. The summed E-state index contributed by atoms with van der Waals surface area (Å²) in [6.45, 7) is 0. The maximum atomic E-state index is 12.1. The van der Waals surface area contributed by atoms with Crippen molar-refractivity contribution in [2.45, 2.75) is 0 Å². The lowest BCUT2D eigenvalue weighted by Gasteiger charge is -2.09. The van der Waals surface area contributed by atoms with E-state index in [1.54, 1.807) is 0 Å². The van der Waals surface area contributed by atoms with Crippen LogP contribution in [0.2, 0.25) is 0 Å². The molecular formula is C21H14N2O. The first-order valence-electron chi connectivity index (χ1n) is 7.92. The van der Waals surface area contributed by atoms with E-state index in [4.69, 9.17) is 0 Å². The summed E-state index contributed by atoms with van der Waals surface area (Å²) >= 11 is 0. The SMILES string of the molecule is Cn1c2ccccc2c2cc3cnc4ccccc4c3c(C=O)c21. The van der Waals surface area contributed by atoms with E-state index in [2.05, 4.69) is 27.8 Å². The van der Waals surface area contributed by atoms with E-state index < -0.39 is 0 Å². The summed E-state index contributed by atoms with van der Waals surface area (Å²) in [4.78, 5) is 16.6. The number of para-hydroxylation sites is 2. The summed E-state index contributed by atoms with van der Waals surface area (Å²) in [5, 5.41) is 5.26. The number of aromatic nitrogens is 2. The van der Waals surface area contributed by atoms with Gasteiger partial charge in [0.05, 0.1) is 11.0 Å². The average molecular weight is 310 g/mol. The van der Waals surface area contributed by atoms with Crippen LogP contribution in [0.3, 0.4) is 0 Å². The highest BCUT2D eigenvalue weighted by Gasteiger charge is 2.16. The summed E-state index contributed by atoms with van der Waals surface area (Å²) in [7, 11) is 2.02. The summed E-state index contributed by atoms with van der Waals surface area (Å²) in [5.74, 6) is 0. The number of aryl methyl sites for hydroxylation is 1. The topological polar surface area (TPSA) is 34.9 Å². The molecular weight excluding hydrogens is 296 g/mol. The minimum absolute atomic E-state index is 0.736. The van der Waals surface area contributed by atoms with Crippen molar-refractivity contribution in [3.8, 4) is 0 Å². The Morgan fingerprint density at radius 2 is 1.71 bits per heavy atom. The van der Waals surface area contributed by atoms with Crippen molar-refractivity contribution in [2.24, 2.45) is 7.05 Å². The maximum absolute atomic E-state index is 12.1. The zero-order chi connectivity index (χ0) is 16.3. The molecule has 2 aromatic heterocycles. The van der Waals surface area contributed by atoms with E-state index in [0.717, 1.165) is 55.3 Å². The molecule has 0 radical (unpaired) electrons. The molecule has 2 heterocycles. The van der Waals surface area contributed by atoms with E-state index in [1.807, 2.05) is 49.6 Å². The van der Waals surface area contributed by atoms with Gasteiger partial charge in [0.15, 0.2) is 6.29 Å². The molecule has 5 aromatic rings. The van der Waals surface area contributed by atoms with Crippen LogP contribution in [0.25, 0.3) is 43.5 Å². The molecule has 0 saturated heterocycles. The Balaban J connectivity index is 2.16. The molecule has 3 heteroatoms. The van der Waals surface area contributed by atoms with Gasteiger partial charge in [0.25, 0.3) is 0 Å². The largest absolute Gasteiger partial charge is 0.343 e. The zero-order valence-electron chi connectivity index (χ0n) is 13.2. The number of benzene rings is 3. The van der Waals surface area contributed by atoms with Gasteiger partial charge in [-0.2, -0.15) is 0 Å². The molecule has 114 valence electrons. The van der Waals surface area contributed by atoms with Crippen LogP contribution in [0.15, 0.2) is 60.8 Å². The van der Waals surface area contributed by atoms with Gasteiger partial charge in [0.1, 0.15) is 0 Å². The van der Waals surface area contributed by atoms with Crippen LogP contribution in [-0.4, -0.2) is 15.8 Å². The molecule has 3 aromatic carbocycles. The predicted octanol–water partition coefficient (Wildman–Crippen LogP) is 4.85. The number of pyridine rings is 1. The molecule has 0 amide bonds. The van der Waals surface area contributed by atoms with E-state index in [9.17, 15) is 4.79 Å². The predicted molar refractivity (Wildman–Crippen MR) is 98.6 cm³/mol. The van der Waals surface area contributed by atoms with Gasteiger partial charge in [0, 0.05) is 51.3 Å². The molecule has 0 unspecified atom stereocenters. The fourth-order valence-electron chi connectivity index (χ4n) is 3.85. The normalized spacial score (nSPS) is 11.7. The molecule has 0 N–H and O–H groups in total. The van der Waals surface area contributed by atoms with Crippen molar-refractivity contribution < 1.29 is 4.79 Å². The van der Waals surface area contributed by atoms with Crippen molar-refractivity contribution in [1.29, 1.82) is 0 Å². The van der Waals surface area contributed by atoms with Gasteiger partial charge in [-0.1, -0.05) is 36.4 Å². The highest BCUT2D eigenvalue weighted by atomic mass is 16.1. The molecule has 0 aliphatic carbocycles. The number of carbonyl (C=O) groups excluding carboxylic acids is 1. The van der Waals surface area contributed by atoms with Crippen LogP contribution in [0.4, 0.5) is 0 Å². The molecule has 0 saturated carbocycles. The molecule has 0 aliphatic rings. The van der Waals surface area contributed by atoms with Gasteiger partial charge < -0.3 is 4.57 Å². The molecule has 0 aliphatic heterocycles. The number of rotatable bonds is 1. The second-order valence-corrected chi connectivity index (χ2v) is 6.12. The standard InChI is InChI=1S/C21H14N2O/c1-23-19-9-5-3-6-14(19)16-10-13-11-22-18-8-4-2-7-15(18)20(13)17(12-24)21(16)23/h2-12H,1H3. The van der Waals surface area contributed by atoms with Gasteiger partial charge in [-0.3, -0.25) is 9.78 Å². The summed E-state index contributed by atoms with van der Waals surface area (Å²) < 4.78 is 2.11. The molecule has 5 rings (SSSR count). The van der Waals surface area contributed by atoms with Crippen molar-refractivity contribution in [3.05, 3.63) is 66.4 Å². The third-order valence-electron chi connectivity index (χ3n) is 4.89. The molecule has 0 spiro atoms. The highest BCUT2D eigenvalue weighted by Crippen LogP contribution is 2.36. The van der Waals surface area contributed by atoms with E-state index in [-0.39, 0.29) is 0 Å². The third-order valence-corrected chi connectivity index (χ3v) is 4.89. The second kappa shape index (κ2) is 4.65. The third kappa shape index (κ3) is 1.56. The number of hydrogen-bond acceptors (Lipinski definition) is 2. The van der Waals surface area contributed by atoms with Crippen LogP contribution in [-0.2, 0) is 7.05 Å². The molecule has 0 bridgehead atoms. The van der Waals surface area contributed by atoms with Crippen molar-refractivity contribution in [2.75, 3.05) is 0 Å². The van der Waals surface area contributed by atoms with Crippen LogP contribution >= 0.6 is 0 Å². The van der Waals surface area contributed by atoms with E-state index in [1.165, 1.54) is 0 Å².